The average Bonchev–Trinajstić information content (AvgIpc) is 1.59. The lowest BCUT2D eigenvalue weighted by molar-refractivity contribution is -0.265. The largest absolute Gasteiger partial charge is 0.508 e. The van der Waals surface area contributed by atoms with Crippen LogP contribution in [0.15, 0.2) is 109 Å². The predicted molar refractivity (Wildman–Crippen MR) is 506 cm³/mol. The highest BCUT2D eigenvalue weighted by Gasteiger charge is 2.53. The van der Waals surface area contributed by atoms with E-state index in [4.69, 9.17) is 58.2 Å². The molecule has 4 aliphatic heterocycles. The predicted octanol–water partition coefficient (Wildman–Crippen LogP) is 9.58. The number of methoxy groups -OCH3 is 3. The molecule has 39 heteroatoms. The fourth-order valence-electron chi connectivity index (χ4n) is 18.4. The van der Waals surface area contributed by atoms with Gasteiger partial charge in [-0.05, 0) is 144 Å². The molecule has 12 rings (SSSR count). The van der Waals surface area contributed by atoms with Crippen molar-refractivity contribution in [3.63, 3.8) is 0 Å². The van der Waals surface area contributed by atoms with Crippen molar-refractivity contribution in [1.82, 2.24) is 75.2 Å². The van der Waals surface area contributed by atoms with E-state index in [1.807, 2.05) is 61.9 Å². The van der Waals surface area contributed by atoms with Gasteiger partial charge >= 0.3 is 12.1 Å². The van der Waals surface area contributed by atoms with Gasteiger partial charge in [0.1, 0.15) is 66.0 Å². The number of anilines is 3. The lowest BCUT2D eigenvalue weighted by atomic mass is 9.77. The fourth-order valence-corrected chi connectivity index (χ4v) is 18.4. The van der Waals surface area contributed by atoms with Crippen LogP contribution < -0.4 is 26.2 Å². The third-order valence-corrected chi connectivity index (χ3v) is 26.5. The molecule has 10 heterocycles. The summed E-state index contributed by atoms with van der Waals surface area (Å²) in [6, 6.07) is 5.56. The van der Waals surface area contributed by atoms with E-state index in [-0.39, 0.29) is 125 Å². The number of nitrogens with zero attached hydrogens (tertiary/aromatic N) is 14. The van der Waals surface area contributed by atoms with Gasteiger partial charge in [-0.25, -0.2) is 48.9 Å². The number of Topliss-reactive ketones (excluding diaryl/α,β-unsaturated/α-hetero) is 4. The summed E-state index contributed by atoms with van der Waals surface area (Å²) in [4.78, 5) is 147. The second-order valence-corrected chi connectivity index (χ2v) is 36.6. The number of aromatic nitrogens is 12. The number of ketones is 4. The van der Waals surface area contributed by atoms with Gasteiger partial charge in [0.15, 0.2) is 17.2 Å². The number of aliphatic hydroxyl groups is 2. The number of aryl methyl sites for hydroxylation is 1. The summed E-state index contributed by atoms with van der Waals surface area (Å²) >= 11 is 0. The van der Waals surface area contributed by atoms with E-state index in [0.717, 1.165) is 40.6 Å². The van der Waals surface area contributed by atoms with E-state index in [0.29, 0.717) is 188 Å². The SMILES string of the molecule is CO[C@H]1C[C@@H]2CC[C@@H](C)[C@@](O)(O2)C(=O)C(=O)N2CCCC[C@H]2C(=O)O[C@H]([C@H](C)C[C@@H]2CC[C@H](n3cc(COC(=O)NCCOCCOCCOCCOCCC(=O)NCc4cnc(N5CCN(c6ncc(C(=O)CCCCCn7nc(-c8cc9cc(O)ccc9[nH]8)c8c(N)ncnc87)cn6)CC5)nc4)nn3)[C@H](OC)C2)CC(=O)[C@H](C)/C=C(\C)[C@@H](O)[C@@H](OC)C(=O)[C@H](C)C[C@H](C)/C=C/C=C/C=C/1C. The number of piperidine rings is 1. The molecule has 0 radical (unpaired) electrons. The number of H-pyrrole nitrogens is 1. The Balaban J connectivity index is 0.499. The summed E-state index contributed by atoms with van der Waals surface area (Å²) < 4.78 is 61.8. The third kappa shape index (κ3) is 29.0. The molecule has 15 atom stereocenters. The van der Waals surface area contributed by atoms with E-state index in [2.05, 4.69) is 65.6 Å². The maximum Gasteiger partial charge on any atom is 0.407 e. The second-order valence-electron chi connectivity index (χ2n) is 36.6. The van der Waals surface area contributed by atoms with Crippen molar-refractivity contribution in [1.29, 1.82) is 0 Å². The Morgan fingerprint density at radius 1 is 0.737 bits per heavy atom. The van der Waals surface area contributed by atoms with Gasteiger partial charge in [-0.3, -0.25) is 28.8 Å². The maximum atomic E-state index is 14.8. The van der Waals surface area contributed by atoms with Crippen molar-refractivity contribution in [2.45, 2.75) is 232 Å². The number of nitrogens with two attached hydrogens (primary N) is 1. The number of carbonyl (C=O) groups excluding carboxylic acids is 8. The van der Waals surface area contributed by atoms with Crippen LogP contribution in [0.25, 0.3) is 33.3 Å². The first-order valence-electron chi connectivity index (χ1n) is 47.9. The zero-order chi connectivity index (χ0) is 97.7. The van der Waals surface area contributed by atoms with Crippen molar-refractivity contribution < 1.29 is 101 Å². The number of fused-ring (bicyclic) bond motifs is 5. The molecule has 7 aromatic rings. The minimum atomic E-state index is -2.49. The Bertz CT molecular complexity index is 5290. The number of aromatic hydroxyl groups is 1. The van der Waals surface area contributed by atoms with E-state index < -0.39 is 89.8 Å². The number of benzene rings is 1. The highest BCUT2D eigenvalue weighted by atomic mass is 16.6. The van der Waals surface area contributed by atoms with Crippen LogP contribution in [0.4, 0.5) is 22.5 Å². The number of alkyl carbamates (subject to hydrolysis) is 1. The number of esters is 1. The topological polar surface area (TPSA) is 491 Å². The lowest BCUT2D eigenvalue weighted by Crippen LogP contribution is -2.61. The number of piperazine rings is 1. The van der Waals surface area contributed by atoms with Crippen LogP contribution in [0, 0.1) is 35.5 Å². The van der Waals surface area contributed by atoms with Gasteiger partial charge < -0.3 is 98.7 Å². The molecule has 5 aliphatic rings. The summed E-state index contributed by atoms with van der Waals surface area (Å²) in [6.45, 7) is 18.3. The van der Waals surface area contributed by atoms with Crippen molar-refractivity contribution in [2.75, 3.05) is 129 Å². The average molecular weight is 1900 g/mol. The first-order valence-corrected chi connectivity index (χ1v) is 47.9. The number of phenols is 1. The monoisotopic (exact) mass is 1900 g/mol. The number of amides is 3. The van der Waals surface area contributed by atoms with E-state index in [1.54, 1.807) is 102 Å². The van der Waals surface area contributed by atoms with Crippen molar-refractivity contribution in [3.8, 4) is 17.1 Å². The van der Waals surface area contributed by atoms with E-state index in [1.165, 1.54) is 18.3 Å². The van der Waals surface area contributed by atoms with Crippen LogP contribution in [0.3, 0.4) is 0 Å². The quantitative estimate of drug-likeness (QED) is 0.00631. The summed E-state index contributed by atoms with van der Waals surface area (Å²) in [5, 5.41) is 54.4. The molecule has 1 aromatic carbocycles. The molecule has 0 spiro atoms. The number of rotatable bonds is 36. The number of unbranched alkanes of at least 4 members (excludes halogenated alkanes) is 2. The minimum absolute atomic E-state index is 0.0143. The normalized spacial score (nSPS) is 26.0. The fraction of sp³-hybridized carbons (Fsp3) is 0.602. The molecule has 1 aliphatic carbocycles. The van der Waals surface area contributed by atoms with Crippen molar-refractivity contribution in [2.24, 2.45) is 35.5 Å². The van der Waals surface area contributed by atoms with E-state index in [9.17, 15) is 53.7 Å². The number of aliphatic hydroxyl groups excluding tert-OH is 1. The van der Waals surface area contributed by atoms with Gasteiger partial charge in [0.2, 0.25) is 23.6 Å². The number of phenolic OH excluding ortho intramolecular Hbond substituents is 1. The highest BCUT2D eigenvalue weighted by molar-refractivity contribution is 6.39. The molecular formula is C98H136N18O21. The van der Waals surface area contributed by atoms with Crippen LogP contribution in [-0.2, 0) is 95.8 Å². The third-order valence-electron chi connectivity index (χ3n) is 26.5. The molecule has 137 heavy (non-hydrogen) atoms. The smallest absolute Gasteiger partial charge is 0.407 e. The minimum Gasteiger partial charge on any atom is -0.508 e. The number of hydrogen-bond donors (Lipinski definition) is 7. The first-order chi connectivity index (χ1) is 66.1. The molecule has 4 fully saturated rings. The molecule has 6 aromatic heterocycles. The molecular weight excluding hydrogens is 1770 g/mol. The van der Waals surface area contributed by atoms with Gasteiger partial charge in [0, 0.05) is 158 Å². The van der Waals surface area contributed by atoms with Crippen LogP contribution in [-0.4, -0.2) is 289 Å². The number of allylic oxidation sites excluding steroid dienone is 6. The zero-order valence-corrected chi connectivity index (χ0v) is 80.4. The number of ether oxygens (including phenoxy) is 10. The van der Waals surface area contributed by atoms with E-state index >= 15 is 0 Å². The van der Waals surface area contributed by atoms with Gasteiger partial charge in [0.05, 0.1) is 100 Å². The second kappa shape index (κ2) is 51.4. The Kier molecular flexibility index (Phi) is 39.3. The van der Waals surface area contributed by atoms with Gasteiger partial charge in [0.25, 0.3) is 11.7 Å². The Labute approximate surface area is 798 Å². The molecule has 0 unspecified atom stereocenters. The summed E-state index contributed by atoms with van der Waals surface area (Å²) in [7, 11) is 4.55. The molecule has 8 N–H and O–H groups in total. The molecule has 1 saturated carbocycles. The molecule has 744 valence electrons. The number of cyclic esters (lactones) is 1. The van der Waals surface area contributed by atoms with Gasteiger partial charge in [-0.2, -0.15) is 5.10 Å². The molecule has 3 amide bonds. The maximum absolute atomic E-state index is 14.8. The Hall–Kier alpha value is -11.3. The number of aromatic amines is 1. The summed E-state index contributed by atoms with van der Waals surface area (Å²) in [5.74, 6) is -7.21. The van der Waals surface area contributed by atoms with Crippen LogP contribution in [0.2, 0.25) is 0 Å². The summed E-state index contributed by atoms with van der Waals surface area (Å²) in [5.41, 5.74) is 12.0. The van der Waals surface area contributed by atoms with Crippen LogP contribution in [0.5, 0.6) is 5.75 Å². The summed E-state index contributed by atoms with van der Waals surface area (Å²) in [6.07, 6.45) is 22.8. The lowest BCUT2D eigenvalue weighted by Gasteiger charge is -2.42. The number of nitrogens with one attached hydrogen (secondary N) is 3. The van der Waals surface area contributed by atoms with Gasteiger partial charge in [-0.15, -0.1) is 5.10 Å². The standard InChI is InChI=1S/C98H136N18O21/c1-61-19-13-11-14-20-62(2)81(128-8)51-74-26-23-67(7)98(127,137-74)90(123)93(124)114-31-18-16-21-78(114)94(125)136-82(52-80(119)63(3)46-66(6)88(122)89(130-10)87(121)65(5)45-61)64(4)47-68-24-28-77(83(48-68)129-9)116-58-72(109-111-116)59-135-97(126)100-30-38-132-40-42-134-44-43-133-41-39-131-37-29-84(120)101-53-69-54-102-95(103-55-69)112-33-35-113(36-34-112)96-104-56-71(57-105-96)79(118)22-15-12-17-32-115-92-85(91(99)106-60-107-92)86(110-115)76-50-70-49-73(117)25-27-75(70)108-76/h11,13-14,19-20,25,27,46,49-50,54-58,60-61,63-65,67-68,74,77-78,81-83,88-89,108,117,122,127H,12,15-18,21-24,26,28-45,47-48,51-53,59H2,1-10H3,(H,100,126)(H,101,120)(H2,99,106,107)/b14-11+,19-13+,62-20+,66-46+/t61-,63-,64-,65-,67-,68+,74+,77+,78+,81+,82+,83-,88-,89+,98-/m1/s1. The molecule has 3 saturated heterocycles. The van der Waals surface area contributed by atoms with Crippen molar-refractivity contribution in [3.05, 3.63) is 126 Å². The Morgan fingerprint density at radius 2 is 1.45 bits per heavy atom. The van der Waals surface area contributed by atoms with Crippen LogP contribution in [0.1, 0.15) is 185 Å². The molecule has 2 bridgehead atoms. The number of carbonyl (C=O) groups is 8. The number of hydrogen-bond acceptors (Lipinski definition) is 33. The van der Waals surface area contributed by atoms with Gasteiger partial charge in [-0.1, -0.05) is 82.7 Å². The Morgan fingerprint density at radius 3 is 2.15 bits per heavy atom. The molecule has 39 nitrogen and oxygen atoms in total. The van der Waals surface area contributed by atoms with Crippen molar-refractivity contribution >= 4 is 86.7 Å². The first kappa shape index (κ1) is 105. The van der Waals surface area contributed by atoms with Crippen LogP contribution >= 0.6 is 0 Å². The highest BCUT2D eigenvalue weighted by Crippen LogP contribution is 2.41. The zero-order valence-electron chi connectivity index (χ0n) is 80.4. The number of nitrogen functional groups attached to an aromatic ring is 1.